The summed E-state index contributed by atoms with van der Waals surface area (Å²) in [6, 6.07) is 7.93. The third kappa shape index (κ3) is 4.01. The highest BCUT2D eigenvalue weighted by Crippen LogP contribution is 2.40. The fraction of sp³-hybridized carbons (Fsp3) is 0.304. The Kier molecular flexibility index (Phi) is 6.07. The molecule has 1 aliphatic heterocycles. The first-order valence-electron chi connectivity index (χ1n) is 10.2. The molecule has 1 aromatic carbocycles. The first-order chi connectivity index (χ1) is 15.5. The van der Waals surface area contributed by atoms with E-state index in [1.165, 1.54) is 27.4 Å². The number of carbonyl (C=O) groups is 1. The van der Waals surface area contributed by atoms with Gasteiger partial charge in [-0.2, -0.15) is 0 Å². The zero-order valence-electron chi connectivity index (χ0n) is 18.1. The van der Waals surface area contributed by atoms with E-state index in [1.807, 2.05) is 0 Å². The molecule has 166 valence electrons. The number of carbonyl (C=O) groups excluding carboxylic acids is 1. The van der Waals surface area contributed by atoms with E-state index in [-0.39, 0.29) is 17.5 Å². The van der Waals surface area contributed by atoms with Gasteiger partial charge in [0.05, 0.1) is 33.1 Å². The minimum Gasteiger partial charge on any atom is -0.493 e. The van der Waals surface area contributed by atoms with Crippen molar-refractivity contribution in [3.63, 3.8) is 0 Å². The van der Waals surface area contributed by atoms with Crippen LogP contribution in [0, 0.1) is 0 Å². The lowest BCUT2D eigenvalue weighted by molar-refractivity contribution is 0.0729. The number of aromatic nitrogens is 3. The lowest BCUT2D eigenvalue weighted by Crippen LogP contribution is -2.32. The van der Waals surface area contributed by atoms with E-state index >= 15 is 0 Å². The van der Waals surface area contributed by atoms with Gasteiger partial charge in [-0.1, -0.05) is 0 Å². The van der Waals surface area contributed by atoms with E-state index in [9.17, 15) is 9.59 Å². The van der Waals surface area contributed by atoms with E-state index in [0.29, 0.717) is 47.3 Å². The lowest BCUT2D eigenvalue weighted by Gasteiger charge is -2.25. The highest BCUT2D eigenvalue weighted by atomic mass is 16.5. The van der Waals surface area contributed by atoms with Crippen molar-refractivity contribution in [1.29, 1.82) is 0 Å². The number of H-pyrrole nitrogens is 1. The van der Waals surface area contributed by atoms with Crippen molar-refractivity contribution in [2.24, 2.45) is 0 Å². The second-order valence-corrected chi connectivity index (χ2v) is 7.32. The Morgan fingerprint density at radius 3 is 2.38 bits per heavy atom. The summed E-state index contributed by atoms with van der Waals surface area (Å²) in [6.45, 7) is 0.545. The molecule has 32 heavy (non-hydrogen) atoms. The molecule has 0 saturated carbocycles. The second-order valence-electron chi connectivity index (χ2n) is 7.32. The third-order valence-electron chi connectivity index (χ3n) is 5.48. The molecule has 4 rings (SSSR count). The normalized spacial score (nSPS) is 15.5. The Labute approximate surface area is 185 Å². The van der Waals surface area contributed by atoms with E-state index in [4.69, 9.17) is 14.2 Å². The molecule has 1 atom stereocenters. The highest BCUT2D eigenvalue weighted by molar-refractivity contribution is 5.96. The molecule has 0 aliphatic carbocycles. The van der Waals surface area contributed by atoms with Gasteiger partial charge in [0.1, 0.15) is 5.82 Å². The number of amides is 1. The van der Waals surface area contributed by atoms with Crippen molar-refractivity contribution < 1.29 is 19.0 Å². The fourth-order valence-electron chi connectivity index (χ4n) is 3.97. The maximum absolute atomic E-state index is 13.5. The monoisotopic (exact) mass is 436 g/mol. The Morgan fingerprint density at radius 1 is 1.06 bits per heavy atom. The Balaban J connectivity index is 1.70. The van der Waals surface area contributed by atoms with Crippen LogP contribution in [-0.2, 0) is 0 Å². The summed E-state index contributed by atoms with van der Waals surface area (Å²) in [6.07, 6.45) is 4.78. The van der Waals surface area contributed by atoms with Crippen molar-refractivity contribution in [3.8, 4) is 28.5 Å². The van der Waals surface area contributed by atoms with Crippen LogP contribution in [0.2, 0.25) is 0 Å². The predicted octanol–water partition coefficient (Wildman–Crippen LogP) is 2.84. The van der Waals surface area contributed by atoms with Gasteiger partial charge in [0.25, 0.3) is 11.5 Å². The quantitative estimate of drug-likeness (QED) is 0.633. The van der Waals surface area contributed by atoms with Gasteiger partial charge in [0.15, 0.2) is 11.5 Å². The molecule has 3 heterocycles. The molecule has 0 spiro atoms. The van der Waals surface area contributed by atoms with Gasteiger partial charge >= 0.3 is 0 Å². The molecule has 0 unspecified atom stereocenters. The summed E-state index contributed by atoms with van der Waals surface area (Å²) in [5, 5.41) is 0. The number of aromatic amines is 1. The smallest absolute Gasteiger partial charge is 0.254 e. The van der Waals surface area contributed by atoms with Gasteiger partial charge in [-0.05, 0) is 37.1 Å². The molecule has 3 aromatic rings. The van der Waals surface area contributed by atoms with Crippen molar-refractivity contribution in [2.75, 3.05) is 27.9 Å². The topological polar surface area (TPSA) is 107 Å². The van der Waals surface area contributed by atoms with Crippen LogP contribution in [0.1, 0.15) is 35.1 Å². The number of methoxy groups -OCH3 is 3. The van der Waals surface area contributed by atoms with Gasteiger partial charge in [-0.3, -0.25) is 14.6 Å². The van der Waals surface area contributed by atoms with Crippen LogP contribution in [-0.4, -0.2) is 53.6 Å². The molecule has 1 amide bonds. The maximum Gasteiger partial charge on any atom is 0.254 e. The van der Waals surface area contributed by atoms with Crippen LogP contribution >= 0.6 is 0 Å². The number of nitrogens with zero attached hydrogens (tertiary/aromatic N) is 3. The zero-order valence-corrected chi connectivity index (χ0v) is 18.1. The van der Waals surface area contributed by atoms with Crippen LogP contribution < -0.4 is 19.8 Å². The number of ether oxygens (including phenoxy) is 3. The Morgan fingerprint density at radius 2 is 1.75 bits per heavy atom. The molecule has 9 nitrogen and oxygen atoms in total. The minimum absolute atomic E-state index is 0.205. The molecule has 1 fully saturated rings. The zero-order chi connectivity index (χ0) is 22.7. The van der Waals surface area contributed by atoms with Crippen LogP contribution in [0.5, 0.6) is 17.2 Å². The highest BCUT2D eigenvalue weighted by Gasteiger charge is 2.33. The Bertz CT molecular complexity index is 1150. The predicted molar refractivity (Wildman–Crippen MR) is 117 cm³/mol. The standard InChI is InChI=1S/C23H24N4O5/c1-30-18-11-15(12-19(31-2)21(18)32-3)23(29)27-10-4-5-17(27)22-25-16(13-20(28)26-22)14-6-8-24-9-7-14/h6-9,11-13,17H,4-5,10H2,1-3H3,(H,25,26,28)/t17-/m0/s1. The molecule has 9 heteroatoms. The van der Waals surface area contributed by atoms with Crippen molar-refractivity contribution >= 4 is 5.91 Å². The Hall–Kier alpha value is -3.88. The molecular weight excluding hydrogens is 412 g/mol. The van der Waals surface area contributed by atoms with Crippen molar-refractivity contribution in [3.05, 3.63) is 64.5 Å². The average Bonchev–Trinajstić information content (AvgIpc) is 3.32. The summed E-state index contributed by atoms with van der Waals surface area (Å²) in [5.41, 5.74) is 1.46. The summed E-state index contributed by atoms with van der Waals surface area (Å²) >= 11 is 0. The number of rotatable bonds is 6. The minimum atomic E-state index is -0.351. The maximum atomic E-state index is 13.5. The SMILES string of the molecule is COc1cc(C(=O)N2CCC[C@H]2c2nc(-c3ccncc3)cc(=O)[nH]2)cc(OC)c1OC. The summed E-state index contributed by atoms with van der Waals surface area (Å²) < 4.78 is 16.1. The summed E-state index contributed by atoms with van der Waals surface area (Å²) in [5.74, 6) is 1.47. The van der Waals surface area contributed by atoms with Crippen LogP contribution in [0.25, 0.3) is 11.3 Å². The molecule has 1 saturated heterocycles. The molecule has 1 N–H and O–H groups in total. The van der Waals surface area contributed by atoms with Crippen LogP contribution in [0.4, 0.5) is 0 Å². The molecule has 1 aliphatic rings. The van der Waals surface area contributed by atoms with Gasteiger partial charge in [-0.15, -0.1) is 0 Å². The lowest BCUT2D eigenvalue weighted by atomic mass is 10.1. The molecular formula is C23H24N4O5. The van der Waals surface area contributed by atoms with E-state index in [2.05, 4.69) is 15.0 Å². The first kappa shape index (κ1) is 21.4. The van der Waals surface area contributed by atoms with E-state index in [0.717, 1.165) is 12.0 Å². The van der Waals surface area contributed by atoms with E-state index in [1.54, 1.807) is 41.6 Å². The first-order valence-corrected chi connectivity index (χ1v) is 10.2. The fourth-order valence-corrected chi connectivity index (χ4v) is 3.97. The third-order valence-corrected chi connectivity index (χ3v) is 5.48. The number of pyridine rings is 1. The second kappa shape index (κ2) is 9.09. The van der Waals surface area contributed by atoms with Gasteiger partial charge in [-0.25, -0.2) is 4.98 Å². The number of likely N-dealkylation sites (tertiary alicyclic amines) is 1. The summed E-state index contributed by atoms with van der Waals surface area (Å²) in [4.78, 5) is 39.0. The van der Waals surface area contributed by atoms with Crippen molar-refractivity contribution in [2.45, 2.75) is 18.9 Å². The summed E-state index contributed by atoms with van der Waals surface area (Å²) in [7, 11) is 4.52. The van der Waals surface area contributed by atoms with Gasteiger partial charge < -0.3 is 24.1 Å². The molecule has 0 bridgehead atoms. The number of nitrogens with one attached hydrogen (secondary N) is 1. The van der Waals surface area contributed by atoms with Gasteiger partial charge in [0.2, 0.25) is 5.75 Å². The number of hydrogen-bond acceptors (Lipinski definition) is 7. The average molecular weight is 436 g/mol. The number of benzene rings is 1. The van der Waals surface area contributed by atoms with Crippen LogP contribution in [0.15, 0.2) is 47.5 Å². The number of hydrogen-bond donors (Lipinski definition) is 1. The molecule has 2 aromatic heterocycles. The van der Waals surface area contributed by atoms with Gasteiger partial charge in [0, 0.05) is 36.1 Å². The largest absolute Gasteiger partial charge is 0.493 e. The van der Waals surface area contributed by atoms with E-state index < -0.39 is 0 Å². The van der Waals surface area contributed by atoms with Crippen molar-refractivity contribution in [1.82, 2.24) is 19.9 Å². The van der Waals surface area contributed by atoms with Crippen LogP contribution in [0.3, 0.4) is 0 Å². The molecule has 0 radical (unpaired) electrons.